The number of carbonyl (C=O) groups excluding carboxylic acids is 1. The van der Waals surface area contributed by atoms with Crippen LogP contribution >= 0.6 is 0 Å². The molecule has 0 unspecified atom stereocenters. The van der Waals surface area contributed by atoms with Gasteiger partial charge in [0.25, 0.3) is 5.91 Å². The average molecular weight is 500 g/mol. The number of sulfonamides is 1. The molecule has 3 rings (SSSR count). The smallest absolute Gasteiger partial charge is 0.255 e. The van der Waals surface area contributed by atoms with E-state index in [9.17, 15) is 17.6 Å². The van der Waals surface area contributed by atoms with Crippen molar-refractivity contribution in [3.05, 3.63) is 89.7 Å². The maximum atomic E-state index is 13.5. The predicted molar refractivity (Wildman–Crippen MR) is 131 cm³/mol. The third kappa shape index (κ3) is 7.11. The predicted octanol–water partition coefficient (Wildman–Crippen LogP) is 3.23. The number of hydrogen-bond donors (Lipinski definition) is 1. The number of amides is 1. The topological polar surface area (TPSA) is 97.3 Å². The van der Waals surface area contributed by atoms with Gasteiger partial charge < -0.3 is 9.47 Å². The van der Waals surface area contributed by atoms with Gasteiger partial charge in [-0.25, -0.2) is 18.2 Å². The lowest BCUT2D eigenvalue weighted by Crippen LogP contribution is -2.40. The molecule has 35 heavy (non-hydrogen) atoms. The zero-order chi connectivity index (χ0) is 25.3. The molecule has 0 heterocycles. The number of halogens is 1. The van der Waals surface area contributed by atoms with Crippen molar-refractivity contribution in [1.29, 1.82) is 0 Å². The molecular formula is C25H26FN3O5S. The van der Waals surface area contributed by atoms with Crippen molar-refractivity contribution in [3.63, 3.8) is 0 Å². The lowest BCUT2D eigenvalue weighted by atomic mass is 10.1. The van der Waals surface area contributed by atoms with Crippen LogP contribution in [-0.2, 0) is 21.2 Å². The standard InChI is InChI=1S/C25H26FN3O5S/c1-33-23-13-12-22(16-24(23)34-2)35(31,32)29(15-14-19-6-4-3-5-7-19)18-25(30)28-27-17-20-8-10-21(26)11-9-20/h3-13,16-17H,14-15,18H2,1-2H3,(H,28,30)/b27-17-. The molecule has 0 saturated carbocycles. The molecule has 0 radical (unpaired) electrons. The van der Waals surface area contributed by atoms with Gasteiger partial charge in [-0.15, -0.1) is 0 Å². The molecule has 0 atom stereocenters. The maximum Gasteiger partial charge on any atom is 0.255 e. The lowest BCUT2D eigenvalue weighted by Gasteiger charge is -2.22. The molecule has 184 valence electrons. The van der Waals surface area contributed by atoms with E-state index in [1.807, 2.05) is 30.3 Å². The highest BCUT2D eigenvalue weighted by atomic mass is 32.2. The Morgan fingerprint density at radius 2 is 1.69 bits per heavy atom. The van der Waals surface area contributed by atoms with E-state index < -0.39 is 22.5 Å². The van der Waals surface area contributed by atoms with Crippen LogP contribution in [-0.4, -0.2) is 52.2 Å². The van der Waals surface area contributed by atoms with E-state index >= 15 is 0 Å². The third-order valence-corrected chi connectivity index (χ3v) is 6.92. The van der Waals surface area contributed by atoms with Gasteiger partial charge in [0.15, 0.2) is 11.5 Å². The second-order valence-electron chi connectivity index (χ2n) is 7.44. The van der Waals surface area contributed by atoms with Gasteiger partial charge in [-0.2, -0.15) is 9.41 Å². The SMILES string of the molecule is COc1ccc(S(=O)(=O)N(CCc2ccccc2)CC(=O)N/N=C\c2ccc(F)cc2)cc1OC. The van der Waals surface area contributed by atoms with E-state index in [4.69, 9.17) is 9.47 Å². The first-order valence-corrected chi connectivity index (χ1v) is 12.1. The van der Waals surface area contributed by atoms with Crippen LogP contribution < -0.4 is 14.9 Å². The molecule has 0 spiro atoms. The Bertz CT molecular complexity index is 1270. The van der Waals surface area contributed by atoms with Crippen molar-refractivity contribution in [3.8, 4) is 11.5 Å². The van der Waals surface area contributed by atoms with Crippen LogP contribution in [0.1, 0.15) is 11.1 Å². The Morgan fingerprint density at radius 3 is 2.34 bits per heavy atom. The number of methoxy groups -OCH3 is 2. The molecule has 1 amide bonds. The average Bonchev–Trinajstić information content (AvgIpc) is 2.87. The minimum atomic E-state index is -4.06. The van der Waals surface area contributed by atoms with Crippen molar-refractivity contribution < 1.29 is 27.1 Å². The summed E-state index contributed by atoms with van der Waals surface area (Å²) >= 11 is 0. The van der Waals surface area contributed by atoms with Gasteiger partial charge in [-0.1, -0.05) is 42.5 Å². The number of hydrazone groups is 1. The molecule has 10 heteroatoms. The Balaban J connectivity index is 1.79. The van der Waals surface area contributed by atoms with Gasteiger partial charge in [0.1, 0.15) is 5.82 Å². The van der Waals surface area contributed by atoms with Crippen LogP contribution in [0.4, 0.5) is 4.39 Å². The molecule has 0 aliphatic rings. The molecular weight excluding hydrogens is 473 g/mol. The summed E-state index contributed by atoms with van der Waals surface area (Å²) in [5.74, 6) is -0.374. The van der Waals surface area contributed by atoms with Crippen molar-refractivity contribution in [1.82, 2.24) is 9.73 Å². The highest BCUT2D eigenvalue weighted by Crippen LogP contribution is 2.30. The summed E-state index contributed by atoms with van der Waals surface area (Å²) in [7, 11) is -1.20. The highest BCUT2D eigenvalue weighted by Gasteiger charge is 2.27. The Hall–Kier alpha value is -3.76. The number of nitrogens with one attached hydrogen (secondary N) is 1. The number of carbonyl (C=O) groups is 1. The van der Waals surface area contributed by atoms with Gasteiger partial charge in [0.05, 0.1) is 31.9 Å². The molecule has 0 aliphatic heterocycles. The summed E-state index contributed by atoms with van der Waals surface area (Å²) < 4.78 is 51.5. The largest absolute Gasteiger partial charge is 0.493 e. The fourth-order valence-electron chi connectivity index (χ4n) is 3.23. The lowest BCUT2D eigenvalue weighted by molar-refractivity contribution is -0.121. The van der Waals surface area contributed by atoms with E-state index in [2.05, 4.69) is 10.5 Å². The quantitative estimate of drug-likeness (QED) is 0.323. The van der Waals surface area contributed by atoms with Crippen molar-refractivity contribution in [2.75, 3.05) is 27.3 Å². The van der Waals surface area contributed by atoms with Crippen LogP contribution in [0.15, 0.2) is 82.8 Å². The zero-order valence-electron chi connectivity index (χ0n) is 19.3. The summed E-state index contributed by atoms with van der Waals surface area (Å²) in [6.45, 7) is -0.389. The van der Waals surface area contributed by atoms with Gasteiger partial charge in [0.2, 0.25) is 10.0 Å². The molecule has 0 aliphatic carbocycles. The van der Waals surface area contributed by atoms with Crippen LogP contribution in [0.2, 0.25) is 0 Å². The van der Waals surface area contributed by atoms with Crippen LogP contribution in [0.25, 0.3) is 0 Å². The van der Waals surface area contributed by atoms with E-state index in [1.165, 1.54) is 62.9 Å². The molecule has 3 aromatic carbocycles. The summed E-state index contributed by atoms with van der Waals surface area (Å²) in [5.41, 5.74) is 3.83. The van der Waals surface area contributed by atoms with E-state index in [-0.39, 0.29) is 23.0 Å². The first-order valence-electron chi connectivity index (χ1n) is 10.7. The molecule has 3 aromatic rings. The zero-order valence-corrected chi connectivity index (χ0v) is 20.2. The molecule has 0 aromatic heterocycles. The van der Waals surface area contributed by atoms with Gasteiger partial charge in [-0.05, 0) is 41.8 Å². The first-order chi connectivity index (χ1) is 16.8. The fourth-order valence-corrected chi connectivity index (χ4v) is 4.64. The van der Waals surface area contributed by atoms with Crippen LogP contribution in [0, 0.1) is 5.82 Å². The Morgan fingerprint density at radius 1 is 1.00 bits per heavy atom. The molecule has 1 N–H and O–H groups in total. The minimum absolute atomic E-state index is 0.0363. The summed E-state index contributed by atoms with van der Waals surface area (Å²) in [6.07, 6.45) is 1.74. The second kappa shape index (κ2) is 12.1. The molecule has 0 bridgehead atoms. The van der Waals surface area contributed by atoms with Crippen LogP contribution in [0.5, 0.6) is 11.5 Å². The van der Waals surface area contributed by atoms with E-state index in [1.54, 1.807) is 0 Å². The Labute approximate surface area is 204 Å². The number of rotatable bonds is 11. The highest BCUT2D eigenvalue weighted by molar-refractivity contribution is 7.89. The second-order valence-corrected chi connectivity index (χ2v) is 9.37. The number of hydrogen-bond acceptors (Lipinski definition) is 6. The van der Waals surface area contributed by atoms with E-state index in [0.29, 0.717) is 17.7 Å². The number of ether oxygens (including phenoxy) is 2. The summed E-state index contributed by atoms with van der Waals surface area (Å²) in [6, 6.07) is 19.1. The fraction of sp³-hybridized carbons (Fsp3) is 0.200. The first kappa shape index (κ1) is 25.9. The van der Waals surface area contributed by atoms with Gasteiger partial charge in [-0.3, -0.25) is 4.79 Å². The summed E-state index contributed by atoms with van der Waals surface area (Å²) in [4.78, 5) is 12.5. The minimum Gasteiger partial charge on any atom is -0.493 e. The van der Waals surface area contributed by atoms with Crippen molar-refractivity contribution in [2.24, 2.45) is 5.10 Å². The maximum absolute atomic E-state index is 13.5. The van der Waals surface area contributed by atoms with E-state index in [0.717, 1.165) is 9.87 Å². The van der Waals surface area contributed by atoms with Crippen molar-refractivity contribution >= 4 is 22.1 Å². The third-order valence-electron chi connectivity index (χ3n) is 5.08. The summed E-state index contributed by atoms with van der Waals surface area (Å²) in [5, 5.41) is 3.84. The normalized spacial score (nSPS) is 11.5. The monoisotopic (exact) mass is 499 g/mol. The van der Waals surface area contributed by atoms with Gasteiger partial charge in [0, 0.05) is 12.6 Å². The number of benzene rings is 3. The van der Waals surface area contributed by atoms with Gasteiger partial charge >= 0.3 is 0 Å². The number of nitrogens with zero attached hydrogens (tertiary/aromatic N) is 2. The molecule has 0 fully saturated rings. The van der Waals surface area contributed by atoms with Crippen LogP contribution in [0.3, 0.4) is 0 Å². The molecule has 8 nitrogen and oxygen atoms in total. The van der Waals surface area contributed by atoms with Crippen molar-refractivity contribution in [2.45, 2.75) is 11.3 Å². The molecule has 0 saturated heterocycles. The Kier molecular flexibility index (Phi) is 8.93.